The molecule has 3 aromatic rings. The second-order valence-corrected chi connectivity index (χ2v) is 5.06. The first-order chi connectivity index (χ1) is 11.3. The number of nitrogens with one attached hydrogen (secondary N) is 2. The monoisotopic (exact) mass is 312 g/mol. The van der Waals surface area contributed by atoms with E-state index in [1.807, 2.05) is 37.3 Å². The highest BCUT2D eigenvalue weighted by atomic mass is 16.5. The predicted molar refractivity (Wildman–Crippen MR) is 90.9 cm³/mol. The van der Waals surface area contributed by atoms with Gasteiger partial charge in [-0.1, -0.05) is 0 Å². The molecule has 0 spiro atoms. The van der Waals surface area contributed by atoms with Crippen molar-refractivity contribution < 1.29 is 9.47 Å². The Bertz CT molecular complexity index is 785. The molecular weight excluding hydrogens is 292 g/mol. The summed E-state index contributed by atoms with van der Waals surface area (Å²) in [6.45, 7) is 3.96. The van der Waals surface area contributed by atoms with E-state index in [0.717, 1.165) is 33.7 Å². The zero-order chi connectivity index (χ0) is 16.1. The van der Waals surface area contributed by atoms with Gasteiger partial charge in [0.05, 0.1) is 18.7 Å². The highest BCUT2D eigenvalue weighted by molar-refractivity contribution is 5.94. The maximum atomic E-state index is 5.58. The summed E-state index contributed by atoms with van der Waals surface area (Å²) in [6.07, 6.45) is 1.78. The van der Waals surface area contributed by atoms with E-state index < -0.39 is 0 Å². The summed E-state index contributed by atoms with van der Waals surface area (Å²) in [6, 6.07) is 9.87. The highest BCUT2D eigenvalue weighted by Gasteiger charge is 2.10. The van der Waals surface area contributed by atoms with Crippen LogP contribution in [0.4, 0.5) is 5.82 Å². The molecule has 0 saturated heterocycles. The van der Waals surface area contributed by atoms with Crippen molar-refractivity contribution in [1.82, 2.24) is 15.2 Å². The van der Waals surface area contributed by atoms with Crippen LogP contribution in [0.1, 0.15) is 6.92 Å². The topological polar surface area (TPSA) is 72.1 Å². The van der Waals surface area contributed by atoms with Crippen molar-refractivity contribution in [2.24, 2.45) is 0 Å². The van der Waals surface area contributed by atoms with Crippen molar-refractivity contribution in [2.75, 3.05) is 32.2 Å². The zero-order valence-electron chi connectivity index (χ0n) is 13.3. The number of hydrogen-bond acceptors (Lipinski definition) is 5. The van der Waals surface area contributed by atoms with Gasteiger partial charge in [-0.15, -0.1) is 0 Å². The molecule has 3 rings (SSSR count). The SMILES string of the molecule is CCOc1ccc2[nH]nc(-c3ccnc(NCCOC)c3)c2c1. The molecule has 2 N–H and O–H groups in total. The fourth-order valence-corrected chi connectivity index (χ4v) is 2.43. The lowest BCUT2D eigenvalue weighted by Gasteiger charge is -2.06. The molecule has 0 aliphatic rings. The second-order valence-electron chi connectivity index (χ2n) is 5.06. The Hall–Kier alpha value is -2.60. The van der Waals surface area contributed by atoms with Crippen molar-refractivity contribution in [1.29, 1.82) is 0 Å². The number of nitrogens with zero attached hydrogens (tertiary/aromatic N) is 2. The maximum Gasteiger partial charge on any atom is 0.126 e. The van der Waals surface area contributed by atoms with Crippen molar-refractivity contribution in [3.05, 3.63) is 36.5 Å². The number of aromatic amines is 1. The number of methoxy groups -OCH3 is 1. The van der Waals surface area contributed by atoms with Gasteiger partial charge in [0, 0.05) is 30.8 Å². The van der Waals surface area contributed by atoms with E-state index in [0.29, 0.717) is 19.8 Å². The van der Waals surface area contributed by atoms with Gasteiger partial charge in [-0.2, -0.15) is 5.10 Å². The summed E-state index contributed by atoms with van der Waals surface area (Å²) in [5.74, 6) is 1.65. The Labute approximate surface area is 134 Å². The molecule has 0 aliphatic carbocycles. The third-order valence-electron chi connectivity index (χ3n) is 3.49. The molecule has 6 heteroatoms. The van der Waals surface area contributed by atoms with Crippen molar-refractivity contribution in [3.63, 3.8) is 0 Å². The number of anilines is 1. The lowest BCUT2D eigenvalue weighted by Crippen LogP contribution is -2.08. The Balaban J connectivity index is 1.93. The van der Waals surface area contributed by atoms with E-state index in [4.69, 9.17) is 9.47 Å². The first-order valence-electron chi connectivity index (χ1n) is 7.62. The molecule has 0 fully saturated rings. The molecule has 1 aromatic carbocycles. The first-order valence-corrected chi connectivity index (χ1v) is 7.62. The molecule has 6 nitrogen and oxygen atoms in total. The number of ether oxygens (including phenoxy) is 2. The number of fused-ring (bicyclic) bond motifs is 1. The quantitative estimate of drug-likeness (QED) is 0.656. The number of hydrogen-bond donors (Lipinski definition) is 2. The minimum absolute atomic E-state index is 0.634. The fraction of sp³-hybridized carbons (Fsp3) is 0.294. The smallest absolute Gasteiger partial charge is 0.126 e. The summed E-state index contributed by atoms with van der Waals surface area (Å²) < 4.78 is 10.6. The van der Waals surface area contributed by atoms with Gasteiger partial charge in [0.2, 0.25) is 0 Å². The van der Waals surface area contributed by atoms with Crippen LogP contribution in [0.5, 0.6) is 5.75 Å². The van der Waals surface area contributed by atoms with Crippen LogP contribution in [0.3, 0.4) is 0 Å². The summed E-state index contributed by atoms with van der Waals surface area (Å²) >= 11 is 0. The Morgan fingerprint density at radius 2 is 2.13 bits per heavy atom. The van der Waals surface area contributed by atoms with Crippen molar-refractivity contribution in [2.45, 2.75) is 6.92 Å². The Morgan fingerprint density at radius 1 is 1.22 bits per heavy atom. The van der Waals surface area contributed by atoms with E-state index >= 15 is 0 Å². The van der Waals surface area contributed by atoms with Crippen LogP contribution >= 0.6 is 0 Å². The van der Waals surface area contributed by atoms with Gasteiger partial charge in [-0.3, -0.25) is 5.10 Å². The molecule has 2 aromatic heterocycles. The van der Waals surface area contributed by atoms with Crippen LogP contribution in [0.25, 0.3) is 22.2 Å². The summed E-state index contributed by atoms with van der Waals surface area (Å²) in [7, 11) is 1.68. The standard InChI is InChI=1S/C17H20N4O2/c1-3-23-13-4-5-15-14(11-13)17(21-20-15)12-6-7-18-16(10-12)19-8-9-22-2/h4-7,10-11H,3,8-9H2,1-2H3,(H,18,19)(H,20,21). The van der Waals surface area contributed by atoms with E-state index in [1.54, 1.807) is 13.3 Å². The van der Waals surface area contributed by atoms with Gasteiger partial charge in [-0.05, 0) is 37.3 Å². The zero-order valence-corrected chi connectivity index (χ0v) is 13.3. The molecule has 0 bridgehead atoms. The molecule has 120 valence electrons. The van der Waals surface area contributed by atoms with Gasteiger partial charge < -0.3 is 14.8 Å². The van der Waals surface area contributed by atoms with Crippen LogP contribution in [-0.4, -0.2) is 42.0 Å². The fourth-order valence-electron chi connectivity index (χ4n) is 2.43. The van der Waals surface area contributed by atoms with Crippen LogP contribution in [-0.2, 0) is 4.74 Å². The van der Waals surface area contributed by atoms with Gasteiger partial charge >= 0.3 is 0 Å². The molecule has 0 saturated carbocycles. The van der Waals surface area contributed by atoms with Gasteiger partial charge in [0.15, 0.2) is 0 Å². The van der Waals surface area contributed by atoms with E-state index in [2.05, 4.69) is 20.5 Å². The number of H-pyrrole nitrogens is 1. The van der Waals surface area contributed by atoms with Crippen LogP contribution in [0.15, 0.2) is 36.5 Å². The molecule has 2 heterocycles. The van der Waals surface area contributed by atoms with Crippen molar-refractivity contribution >= 4 is 16.7 Å². The van der Waals surface area contributed by atoms with Gasteiger partial charge in [0.1, 0.15) is 17.3 Å². The van der Waals surface area contributed by atoms with E-state index in [1.165, 1.54) is 0 Å². The van der Waals surface area contributed by atoms with Gasteiger partial charge in [-0.25, -0.2) is 4.98 Å². The second kappa shape index (κ2) is 7.11. The molecule has 0 radical (unpaired) electrons. The molecule has 0 atom stereocenters. The lowest BCUT2D eigenvalue weighted by molar-refractivity contribution is 0.210. The normalized spacial score (nSPS) is 10.9. The minimum Gasteiger partial charge on any atom is -0.494 e. The van der Waals surface area contributed by atoms with Crippen molar-refractivity contribution in [3.8, 4) is 17.0 Å². The van der Waals surface area contributed by atoms with Crippen LogP contribution in [0.2, 0.25) is 0 Å². The minimum atomic E-state index is 0.634. The average molecular weight is 312 g/mol. The molecule has 23 heavy (non-hydrogen) atoms. The highest BCUT2D eigenvalue weighted by Crippen LogP contribution is 2.29. The summed E-state index contributed by atoms with van der Waals surface area (Å²) in [4.78, 5) is 4.32. The predicted octanol–water partition coefficient (Wildman–Crippen LogP) is 3.08. The van der Waals surface area contributed by atoms with E-state index in [9.17, 15) is 0 Å². The third kappa shape index (κ3) is 3.43. The lowest BCUT2D eigenvalue weighted by atomic mass is 10.1. The number of benzene rings is 1. The number of rotatable bonds is 7. The number of aromatic nitrogens is 3. The molecule has 0 amide bonds. The molecule has 0 aliphatic heterocycles. The van der Waals surface area contributed by atoms with Crippen LogP contribution in [0, 0.1) is 0 Å². The summed E-state index contributed by atoms with van der Waals surface area (Å²) in [5.41, 5.74) is 2.87. The first kappa shape index (κ1) is 15.3. The average Bonchev–Trinajstić information content (AvgIpc) is 2.99. The maximum absolute atomic E-state index is 5.58. The van der Waals surface area contributed by atoms with Crippen LogP contribution < -0.4 is 10.1 Å². The number of pyridine rings is 1. The van der Waals surface area contributed by atoms with E-state index in [-0.39, 0.29) is 0 Å². The third-order valence-corrected chi connectivity index (χ3v) is 3.49. The largest absolute Gasteiger partial charge is 0.494 e. The summed E-state index contributed by atoms with van der Waals surface area (Å²) in [5, 5.41) is 11.8. The Kier molecular flexibility index (Phi) is 4.73. The van der Waals surface area contributed by atoms with Gasteiger partial charge in [0.25, 0.3) is 0 Å². The molecule has 0 unspecified atom stereocenters. The Morgan fingerprint density at radius 3 is 2.96 bits per heavy atom. The molecular formula is C17H20N4O2.